The Morgan fingerprint density at radius 1 is 1.10 bits per heavy atom. The Morgan fingerprint density at radius 3 is 2.45 bits per heavy atom. The highest BCUT2D eigenvalue weighted by molar-refractivity contribution is 6.30. The van der Waals surface area contributed by atoms with E-state index in [4.69, 9.17) is 21.1 Å². The van der Waals surface area contributed by atoms with Crippen LogP contribution in [0.15, 0.2) is 48.5 Å². The van der Waals surface area contributed by atoms with E-state index in [1.54, 1.807) is 19.2 Å². The quantitative estimate of drug-likeness (QED) is 0.713. The van der Waals surface area contributed by atoms with E-state index in [0.717, 1.165) is 49.9 Å². The van der Waals surface area contributed by atoms with Crippen LogP contribution in [-0.4, -0.2) is 68.2 Å². The van der Waals surface area contributed by atoms with Crippen LogP contribution in [-0.2, 0) is 4.79 Å². The molecule has 1 saturated heterocycles. The van der Waals surface area contributed by atoms with E-state index in [0.29, 0.717) is 11.6 Å². The highest BCUT2D eigenvalue weighted by Gasteiger charge is 2.25. The van der Waals surface area contributed by atoms with E-state index >= 15 is 0 Å². The van der Waals surface area contributed by atoms with Gasteiger partial charge >= 0.3 is 0 Å². The minimum atomic E-state index is -0.188. The van der Waals surface area contributed by atoms with Gasteiger partial charge in [0.15, 0.2) is 0 Å². The number of hydrogen-bond donors (Lipinski definition) is 1. The molecule has 6 nitrogen and oxygen atoms in total. The van der Waals surface area contributed by atoms with Crippen molar-refractivity contribution in [3.05, 3.63) is 53.6 Å². The van der Waals surface area contributed by atoms with Gasteiger partial charge in [0.1, 0.15) is 18.1 Å². The average molecular weight is 418 g/mol. The van der Waals surface area contributed by atoms with E-state index in [2.05, 4.69) is 15.1 Å². The van der Waals surface area contributed by atoms with Crippen molar-refractivity contribution >= 4 is 23.2 Å². The summed E-state index contributed by atoms with van der Waals surface area (Å²) in [4.78, 5) is 17.1. The van der Waals surface area contributed by atoms with Gasteiger partial charge in [-0.05, 0) is 49.4 Å². The Balaban J connectivity index is 1.38. The molecule has 0 radical (unpaired) electrons. The van der Waals surface area contributed by atoms with Crippen molar-refractivity contribution in [1.29, 1.82) is 0 Å². The molecule has 7 heteroatoms. The van der Waals surface area contributed by atoms with Crippen molar-refractivity contribution < 1.29 is 14.3 Å². The van der Waals surface area contributed by atoms with Crippen LogP contribution >= 0.6 is 11.6 Å². The van der Waals surface area contributed by atoms with Gasteiger partial charge < -0.3 is 14.8 Å². The summed E-state index contributed by atoms with van der Waals surface area (Å²) in [5.74, 6) is 1.65. The minimum Gasteiger partial charge on any atom is -0.497 e. The molecule has 29 heavy (non-hydrogen) atoms. The van der Waals surface area contributed by atoms with Crippen molar-refractivity contribution in [3.8, 4) is 11.5 Å². The summed E-state index contributed by atoms with van der Waals surface area (Å²) in [6.45, 7) is 6.99. The molecule has 0 bridgehead atoms. The van der Waals surface area contributed by atoms with Gasteiger partial charge in [0.05, 0.1) is 13.2 Å². The number of piperazine rings is 1. The van der Waals surface area contributed by atoms with E-state index in [9.17, 15) is 4.79 Å². The number of carbonyl (C=O) groups excluding carboxylic acids is 1. The first-order valence-electron chi connectivity index (χ1n) is 9.85. The molecular formula is C22H28ClN3O3. The Morgan fingerprint density at radius 2 is 1.79 bits per heavy atom. The number of nitrogens with zero attached hydrogens (tertiary/aromatic N) is 2. The first-order chi connectivity index (χ1) is 14.0. The molecule has 0 aliphatic carbocycles. The van der Waals surface area contributed by atoms with Crippen LogP contribution in [0.2, 0.25) is 5.02 Å². The fourth-order valence-corrected chi connectivity index (χ4v) is 3.51. The molecule has 0 spiro atoms. The third kappa shape index (κ3) is 6.35. The Kier molecular flexibility index (Phi) is 7.75. The van der Waals surface area contributed by atoms with Crippen molar-refractivity contribution in [3.63, 3.8) is 0 Å². The van der Waals surface area contributed by atoms with E-state index in [1.807, 2.05) is 43.3 Å². The van der Waals surface area contributed by atoms with Crippen LogP contribution in [0.5, 0.6) is 11.5 Å². The van der Waals surface area contributed by atoms with Crippen molar-refractivity contribution in [2.45, 2.75) is 13.0 Å². The maximum absolute atomic E-state index is 12.5. The van der Waals surface area contributed by atoms with Crippen LogP contribution in [0.3, 0.4) is 0 Å². The topological polar surface area (TPSA) is 54.0 Å². The van der Waals surface area contributed by atoms with Gasteiger partial charge in [-0.2, -0.15) is 0 Å². The molecule has 0 saturated carbocycles. The zero-order chi connectivity index (χ0) is 20.6. The third-order valence-corrected chi connectivity index (χ3v) is 5.40. The second-order valence-corrected chi connectivity index (χ2v) is 7.51. The lowest BCUT2D eigenvalue weighted by atomic mass is 10.2. The van der Waals surface area contributed by atoms with Gasteiger partial charge in [0, 0.05) is 43.4 Å². The van der Waals surface area contributed by atoms with E-state index in [1.165, 1.54) is 0 Å². The number of anilines is 1. The summed E-state index contributed by atoms with van der Waals surface area (Å²) in [5, 5.41) is 3.56. The molecule has 2 aromatic rings. The Bertz CT molecular complexity index is 792. The predicted octanol–water partition coefficient (Wildman–Crippen LogP) is 3.37. The highest BCUT2D eigenvalue weighted by atomic mass is 35.5. The summed E-state index contributed by atoms with van der Waals surface area (Å²) in [6, 6.07) is 14.6. The number of rotatable bonds is 8. The van der Waals surface area contributed by atoms with Crippen molar-refractivity contribution in [2.24, 2.45) is 0 Å². The van der Waals surface area contributed by atoms with Gasteiger partial charge in [0.25, 0.3) is 0 Å². The zero-order valence-electron chi connectivity index (χ0n) is 16.9. The molecule has 1 fully saturated rings. The molecule has 1 heterocycles. The fourth-order valence-electron chi connectivity index (χ4n) is 3.32. The van der Waals surface area contributed by atoms with Crippen LogP contribution in [0, 0.1) is 0 Å². The van der Waals surface area contributed by atoms with Crippen molar-refractivity contribution in [2.75, 3.05) is 51.8 Å². The minimum absolute atomic E-state index is 0.0106. The van der Waals surface area contributed by atoms with Gasteiger partial charge in [-0.15, -0.1) is 0 Å². The van der Waals surface area contributed by atoms with Crippen molar-refractivity contribution in [1.82, 2.24) is 9.80 Å². The number of nitrogens with one attached hydrogen (secondary N) is 1. The average Bonchev–Trinajstić information content (AvgIpc) is 2.74. The second kappa shape index (κ2) is 10.5. The number of carbonyl (C=O) groups is 1. The first kappa shape index (κ1) is 21.4. The van der Waals surface area contributed by atoms with Gasteiger partial charge in [-0.3, -0.25) is 14.6 Å². The first-order valence-corrected chi connectivity index (χ1v) is 10.2. The largest absolute Gasteiger partial charge is 0.497 e. The van der Waals surface area contributed by atoms with Crippen LogP contribution in [0.4, 0.5) is 5.69 Å². The second-order valence-electron chi connectivity index (χ2n) is 7.08. The predicted molar refractivity (Wildman–Crippen MR) is 116 cm³/mol. The Labute approximate surface area is 177 Å². The third-order valence-electron chi connectivity index (χ3n) is 5.16. The number of methoxy groups -OCH3 is 1. The van der Waals surface area contributed by atoms with Crippen LogP contribution in [0.25, 0.3) is 0 Å². The molecule has 1 amide bonds. The summed E-state index contributed by atoms with van der Waals surface area (Å²) < 4.78 is 11.0. The normalized spacial score (nSPS) is 16.2. The molecule has 1 aliphatic rings. The lowest BCUT2D eigenvalue weighted by Gasteiger charge is -2.37. The maximum Gasteiger partial charge on any atom is 0.241 e. The molecule has 0 unspecified atom stereocenters. The molecule has 1 atom stereocenters. The number of ether oxygens (including phenoxy) is 2. The molecule has 2 aromatic carbocycles. The summed E-state index contributed by atoms with van der Waals surface area (Å²) in [6.07, 6.45) is 0. The molecule has 1 aliphatic heterocycles. The lowest BCUT2D eigenvalue weighted by Crippen LogP contribution is -2.53. The standard InChI is InChI=1S/C22H28ClN3O3/c1-17(22(27)24-19-5-3-4-18(23)16-19)26-12-10-25(11-13-26)14-15-29-21-8-6-20(28-2)7-9-21/h3-9,16-17H,10-15H2,1-2H3,(H,24,27)/t17-/m0/s1. The maximum atomic E-state index is 12.5. The SMILES string of the molecule is COc1ccc(OCCN2CCN([C@@H](C)C(=O)Nc3cccc(Cl)c3)CC2)cc1. The van der Waals surface area contributed by atoms with Gasteiger partial charge in [-0.25, -0.2) is 0 Å². The Hall–Kier alpha value is -2.28. The number of hydrogen-bond acceptors (Lipinski definition) is 5. The highest BCUT2D eigenvalue weighted by Crippen LogP contribution is 2.18. The summed E-state index contributed by atoms with van der Waals surface area (Å²) in [7, 11) is 1.65. The number of halogens is 1. The summed E-state index contributed by atoms with van der Waals surface area (Å²) >= 11 is 5.98. The molecule has 1 N–H and O–H groups in total. The van der Waals surface area contributed by atoms with E-state index in [-0.39, 0.29) is 11.9 Å². The van der Waals surface area contributed by atoms with Gasteiger partial charge in [0.2, 0.25) is 5.91 Å². The zero-order valence-corrected chi connectivity index (χ0v) is 17.7. The molecule has 0 aromatic heterocycles. The van der Waals surface area contributed by atoms with Crippen LogP contribution in [0.1, 0.15) is 6.92 Å². The summed E-state index contributed by atoms with van der Waals surface area (Å²) in [5.41, 5.74) is 0.726. The van der Waals surface area contributed by atoms with E-state index < -0.39 is 0 Å². The smallest absolute Gasteiger partial charge is 0.241 e. The molecular weight excluding hydrogens is 390 g/mol. The number of amides is 1. The number of benzene rings is 2. The monoisotopic (exact) mass is 417 g/mol. The molecule has 156 valence electrons. The van der Waals surface area contributed by atoms with Gasteiger partial charge in [-0.1, -0.05) is 17.7 Å². The van der Waals surface area contributed by atoms with Crippen LogP contribution < -0.4 is 14.8 Å². The fraction of sp³-hybridized carbons (Fsp3) is 0.409. The molecule has 3 rings (SSSR count). The lowest BCUT2D eigenvalue weighted by molar-refractivity contribution is -0.121.